The van der Waals surface area contributed by atoms with E-state index in [1.807, 2.05) is 0 Å². The van der Waals surface area contributed by atoms with Gasteiger partial charge in [0.05, 0.1) is 4.83 Å². The third kappa shape index (κ3) is 3.56. The monoisotopic (exact) mass is 308 g/mol. The van der Waals surface area contributed by atoms with E-state index in [4.69, 9.17) is 0 Å². The maximum Gasteiger partial charge on any atom is 0.161 e. The maximum atomic E-state index is 13.3. The molecule has 0 radical (unpaired) electrons. The third-order valence-corrected chi connectivity index (χ3v) is 3.14. The van der Waals surface area contributed by atoms with E-state index in [9.17, 15) is 18.0 Å². The Labute approximate surface area is 106 Å². The molecule has 0 saturated carbocycles. The Morgan fingerprint density at radius 1 is 1.18 bits per heavy atom. The number of halogens is 4. The minimum Gasteiger partial charge on any atom is -0.298 e. The highest BCUT2D eigenvalue weighted by Gasteiger charge is 2.21. The zero-order valence-electron chi connectivity index (χ0n) is 9.44. The van der Waals surface area contributed by atoms with Crippen molar-refractivity contribution in [3.05, 3.63) is 35.1 Å². The normalized spacial score (nSPS) is 12.9. The summed E-state index contributed by atoms with van der Waals surface area (Å²) in [6.07, 6.45) is 0.0000463. The smallest absolute Gasteiger partial charge is 0.161 e. The second-order valence-corrected chi connectivity index (χ2v) is 5.19. The van der Waals surface area contributed by atoms with Crippen LogP contribution in [-0.4, -0.2) is 10.6 Å². The SMILES string of the molecule is CC(C)C(=O)C(Br)Cc1cc(F)c(F)cc1F. The Morgan fingerprint density at radius 2 is 1.71 bits per heavy atom. The average molecular weight is 309 g/mol. The van der Waals surface area contributed by atoms with Crippen molar-refractivity contribution in [1.29, 1.82) is 0 Å². The van der Waals surface area contributed by atoms with Gasteiger partial charge in [0.2, 0.25) is 0 Å². The van der Waals surface area contributed by atoms with Gasteiger partial charge in [-0.1, -0.05) is 29.8 Å². The highest BCUT2D eigenvalue weighted by molar-refractivity contribution is 9.10. The van der Waals surface area contributed by atoms with Gasteiger partial charge in [0, 0.05) is 12.0 Å². The quantitative estimate of drug-likeness (QED) is 0.613. The summed E-state index contributed by atoms with van der Waals surface area (Å²) in [6.45, 7) is 3.44. The number of carbonyl (C=O) groups excluding carboxylic acids is 1. The molecule has 0 saturated heterocycles. The Morgan fingerprint density at radius 3 is 2.24 bits per heavy atom. The molecule has 94 valence electrons. The molecule has 0 amide bonds. The number of carbonyl (C=O) groups is 1. The molecule has 1 unspecified atom stereocenters. The molecule has 0 aromatic heterocycles. The average Bonchev–Trinajstić information content (AvgIpc) is 2.24. The van der Waals surface area contributed by atoms with Crippen molar-refractivity contribution in [2.45, 2.75) is 25.1 Å². The van der Waals surface area contributed by atoms with Crippen LogP contribution in [0.4, 0.5) is 13.2 Å². The molecule has 0 heterocycles. The van der Waals surface area contributed by atoms with Crippen LogP contribution in [0, 0.1) is 23.4 Å². The molecule has 1 aromatic rings. The number of Topliss-reactive ketones (excluding diaryl/α,β-unsaturated/α-hetero) is 1. The minimum atomic E-state index is -1.23. The lowest BCUT2D eigenvalue weighted by Gasteiger charge is -2.12. The molecule has 17 heavy (non-hydrogen) atoms. The molecule has 0 N–H and O–H groups in total. The molecule has 0 aliphatic rings. The van der Waals surface area contributed by atoms with E-state index in [1.165, 1.54) is 0 Å². The zero-order valence-corrected chi connectivity index (χ0v) is 11.0. The van der Waals surface area contributed by atoms with E-state index in [2.05, 4.69) is 15.9 Å². The highest BCUT2D eigenvalue weighted by atomic mass is 79.9. The topological polar surface area (TPSA) is 17.1 Å². The van der Waals surface area contributed by atoms with Crippen molar-refractivity contribution in [2.24, 2.45) is 5.92 Å². The second-order valence-electron chi connectivity index (χ2n) is 4.09. The predicted octanol–water partition coefficient (Wildman–Crippen LogP) is 3.64. The summed E-state index contributed by atoms with van der Waals surface area (Å²) in [5, 5.41) is 0. The number of rotatable bonds is 4. The summed E-state index contributed by atoms with van der Waals surface area (Å²) >= 11 is 3.13. The van der Waals surface area contributed by atoms with Crippen LogP contribution in [0.5, 0.6) is 0 Å². The maximum absolute atomic E-state index is 13.3. The molecule has 1 aromatic carbocycles. The number of benzene rings is 1. The van der Waals surface area contributed by atoms with Crippen LogP contribution in [0.2, 0.25) is 0 Å². The lowest BCUT2D eigenvalue weighted by atomic mass is 10.0. The zero-order chi connectivity index (χ0) is 13.2. The van der Waals surface area contributed by atoms with E-state index < -0.39 is 22.3 Å². The summed E-state index contributed by atoms with van der Waals surface area (Å²) < 4.78 is 38.9. The Balaban J connectivity index is 2.89. The summed E-state index contributed by atoms with van der Waals surface area (Å²) in [7, 11) is 0. The van der Waals surface area contributed by atoms with Crippen LogP contribution in [0.3, 0.4) is 0 Å². The standard InChI is InChI=1S/C12H12BrF3O/c1-6(2)12(17)8(13)3-7-4-10(15)11(16)5-9(7)14/h4-6,8H,3H2,1-2H3. The second kappa shape index (κ2) is 5.67. The first-order valence-corrected chi connectivity index (χ1v) is 6.05. The molecule has 0 bridgehead atoms. The van der Waals surface area contributed by atoms with Crippen LogP contribution < -0.4 is 0 Å². The van der Waals surface area contributed by atoms with Gasteiger partial charge in [-0.15, -0.1) is 0 Å². The van der Waals surface area contributed by atoms with Gasteiger partial charge < -0.3 is 0 Å². The summed E-state index contributed by atoms with van der Waals surface area (Å²) in [5.74, 6) is -3.49. The van der Waals surface area contributed by atoms with Crippen molar-refractivity contribution in [2.75, 3.05) is 0 Å². The number of ketones is 1. The molecular weight excluding hydrogens is 297 g/mol. The van der Waals surface area contributed by atoms with Crippen LogP contribution in [0.25, 0.3) is 0 Å². The Hall–Kier alpha value is -0.840. The lowest BCUT2D eigenvalue weighted by Crippen LogP contribution is -2.22. The molecule has 1 nitrogen and oxygen atoms in total. The fourth-order valence-corrected chi connectivity index (χ4v) is 2.25. The van der Waals surface area contributed by atoms with E-state index in [0.29, 0.717) is 6.07 Å². The third-order valence-electron chi connectivity index (χ3n) is 2.37. The van der Waals surface area contributed by atoms with Gasteiger partial charge in [-0.25, -0.2) is 13.2 Å². The molecule has 0 spiro atoms. The number of hydrogen-bond donors (Lipinski definition) is 0. The first-order chi connectivity index (χ1) is 7.82. The van der Waals surface area contributed by atoms with E-state index in [0.717, 1.165) is 6.07 Å². The molecule has 0 aliphatic carbocycles. The van der Waals surface area contributed by atoms with Crippen molar-refractivity contribution >= 4 is 21.7 Å². The minimum absolute atomic E-state index is 0.0000463. The summed E-state index contributed by atoms with van der Waals surface area (Å²) in [5.41, 5.74) is -0.0141. The first kappa shape index (κ1) is 14.2. The lowest BCUT2D eigenvalue weighted by molar-refractivity contribution is -0.121. The predicted molar refractivity (Wildman–Crippen MR) is 62.6 cm³/mol. The van der Waals surface area contributed by atoms with Crippen LogP contribution in [-0.2, 0) is 11.2 Å². The van der Waals surface area contributed by atoms with Crippen molar-refractivity contribution in [3.8, 4) is 0 Å². The molecule has 5 heteroatoms. The fourth-order valence-electron chi connectivity index (χ4n) is 1.38. The van der Waals surface area contributed by atoms with Gasteiger partial charge >= 0.3 is 0 Å². The fraction of sp³-hybridized carbons (Fsp3) is 0.417. The largest absolute Gasteiger partial charge is 0.298 e. The van der Waals surface area contributed by atoms with Gasteiger partial charge in [0.25, 0.3) is 0 Å². The van der Waals surface area contributed by atoms with E-state index in [-0.39, 0.29) is 23.7 Å². The summed E-state index contributed by atoms with van der Waals surface area (Å²) in [6, 6.07) is 1.27. The molecule has 1 atom stereocenters. The van der Waals surface area contributed by atoms with Crippen molar-refractivity contribution in [3.63, 3.8) is 0 Å². The van der Waals surface area contributed by atoms with Gasteiger partial charge in [0.1, 0.15) is 11.6 Å². The molecular formula is C12H12BrF3O. The van der Waals surface area contributed by atoms with Gasteiger partial charge in [0.15, 0.2) is 11.6 Å². The molecule has 0 aliphatic heterocycles. The summed E-state index contributed by atoms with van der Waals surface area (Å²) in [4.78, 5) is 11.0. The first-order valence-electron chi connectivity index (χ1n) is 5.14. The van der Waals surface area contributed by atoms with Gasteiger partial charge in [-0.3, -0.25) is 4.79 Å². The Kier molecular flexibility index (Phi) is 4.74. The van der Waals surface area contributed by atoms with Gasteiger partial charge in [-0.05, 0) is 18.1 Å². The van der Waals surface area contributed by atoms with E-state index >= 15 is 0 Å². The Bertz CT molecular complexity index is 432. The van der Waals surface area contributed by atoms with Crippen molar-refractivity contribution < 1.29 is 18.0 Å². The van der Waals surface area contributed by atoms with Gasteiger partial charge in [-0.2, -0.15) is 0 Å². The van der Waals surface area contributed by atoms with E-state index in [1.54, 1.807) is 13.8 Å². The number of hydrogen-bond acceptors (Lipinski definition) is 1. The van der Waals surface area contributed by atoms with Crippen LogP contribution >= 0.6 is 15.9 Å². The molecule has 0 fully saturated rings. The van der Waals surface area contributed by atoms with Crippen LogP contribution in [0.1, 0.15) is 19.4 Å². The molecule has 1 rings (SSSR count). The number of alkyl halides is 1. The van der Waals surface area contributed by atoms with Crippen molar-refractivity contribution in [1.82, 2.24) is 0 Å². The highest BCUT2D eigenvalue weighted by Crippen LogP contribution is 2.19. The van der Waals surface area contributed by atoms with Crippen LogP contribution in [0.15, 0.2) is 12.1 Å².